The zero-order valence-corrected chi connectivity index (χ0v) is 16.5. The van der Waals surface area contributed by atoms with E-state index in [9.17, 15) is 14.7 Å². The first-order valence-electron chi connectivity index (χ1n) is 6.22. The molecule has 114 valence electrons. The first kappa shape index (κ1) is 21.5. The maximum absolute atomic E-state index is 12.1. The van der Waals surface area contributed by atoms with E-state index in [0.717, 1.165) is 0 Å². The summed E-state index contributed by atoms with van der Waals surface area (Å²) < 4.78 is 5.28. The van der Waals surface area contributed by atoms with Crippen molar-refractivity contribution in [1.29, 1.82) is 0 Å². The Hall–Kier alpha value is -0.520. The summed E-state index contributed by atoms with van der Waals surface area (Å²) in [6.45, 7) is 8.11. The van der Waals surface area contributed by atoms with Gasteiger partial charge in [-0.25, -0.2) is 0 Å². The van der Waals surface area contributed by atoms with E-state index in [-0.39, 0.29) is 56.7 Å². The van der Waals surface area contributed by atoms with Gasteiger partial charge in [-0.05, 0) is 38.0 Å². The molecule has 0 amide bonds. The van der Waals surface area contributed by atoms with Crippen molar-refractivity contribution in [2.75, 3.05) is 0 Å². The third kappa shape index (κ3) is 4.74. The van der Waals surface area contributed by atoms with E-state index in [0.29, 0.717) is 12.0 Å². The Kier molecular flexibility index (Phi) is 8.17. The molecule has 0 radical (unpaired) electrons. The molecule has 0 spiro atoms. The molecule has 0 aliphatic heterocycles. The molecule has 22 heavy (non-hydrogen) atoms. The number of Topliss-reactive ketones (excluding diaryl/α,β-unsaturated/α-hetero) is 1. The van der Waals surface area contributed by atoms with Gasteiger partial charge in [0.05, 0.1) is 11.0 Å². The van der Waals surface area contributed by atoms with Crippen molar-refractivity contribution < 1.29 is 49.0 Å². The van der Waals surface area contributed by atoms with Crippen LogP contribution in [0.2, 0.25) is 10.0 Å². The Morgan fingerprint density at radius 1 is 1.27 bits per heavy atom. The second-order valence-corrected chi connectivity index (χ2v) is 5.68. The molecular weight excluding hydrogens is 338 g/mol. The second-order valence-electron chi connectivity index (χ2n) is 4.93. The number of carbonyl (C=O) groups is 2. The van der Waals surface area contributed by atoms with Crippen LogP contribution in [0.4, 0.5) is 0 Å². The summed E-state index contributed by atoms with van der Waals surface area (Å²) in [6.07, 6.45) is 0.489. The average Bonchev–Trinajstić information content (AvgIpc) is 2.42. The number of ether oxygens (including phenoxy) is 1. The third-order valence-electron chi connectivity index (χ3n) is 2.90. The summed E-state index contributed by atoms with van der Waals surface area (Å²) in [5, 5.41) is 10.9. The molecule has 1 rings (SSSR count). The van der Waals surface area contributed by atoms with Gasteiger partial charge in [-0.15, -0.1) is 0 Å². The number of carbonyl (C=O) groups excluding carboxylic acids is 2. The molecule has 0 aliphatic carbocycles. The molecule has 0 aromatic heterocycles. The summed E-state index contributed by atoms with van der Waals surface area (Å²) in [5.74, 6) is -1.64. The van der Waals surface area contributed by atoms with Gasteiger partial charge in [0.2, 0.25) is 0 Å². The fourth-order valence-corrected chi connectivity index (χ4v) is 1.90. The number of hydrogen-bond donors (Lipinski definition) is 0. The van der Waals surface area contributed by atoms with Gasteiger partial charge in [-0.1, -0.05) is 36.7 Å². The van der Waals surface area contributed by atoms with Crippen LogP contribution in [-0.2, 0) is 4.79 Å². The molecule has 0 saturated carbocycles. The minimum absolute atomic E-state index is 0. The van der Waals surface area contributed by atoms with Crippen molar-refractivity contribution in [3.8, 4) is 5.75 Å². The maximum Gasteiger partial charge on any atom is 1.00 e. The van der Waals surface area contributed by atoms with Crippen molar-refractivity contribution in [2.24, 2.45) is 0 Å². The van der Waals surface area contributed by atoms with E-state index in [1.54, 1.807) is 6.92 Å². The average molecular weight is 353 g/mol. The molecule has 0 atom stereocenters. The Bertz CT molecular complexity index is 612. The number of aliphatic carboxylic acids is 1. The molecule has 1 aromatic rings. The van der Waals surface area contributed by atoms with Gasteiger partial charge >= 0.3 is 29.6 Å². The van der Waals surface area contributed by atoms with Crippen molar-refractivity contribution in [3.63, 3.8) is 0 Å². The number of benzene rings is 1. The summed E-state index contributed by atoms with van der Waals surface area (Å²) in [6, 6.07) is 2.83. The summed E-state index contributed by atoms with van der Waals surface area (Å²) in [4.78, 5) is 23.0. The van der Waals surface area contributed by atoms with Gasteiger partial charge in [0.15, 0.2) is 5.78 Å². The van der Waals surface area contributed by atoms with Crippen LogP contribution in [-0.4, -0.2) is 17.4 Å². The van der Waals surface area contributed by atoms with Gasteiger partial charge in [0, 0.05) is 5.56 Å². The zero-order chi connectivity index (χ0) is 16.4. The van der Waals surface area contributed by atoms with Crippen molar-refractivity contribution >= 4 is 35.0 Å². The van der Waals surface area contributed by atoms with Gasteiger partial charge in [-0.2, -0.15) is 0 Å². The summed E-state index contributed by atoms with van der Waals surface area (Å²) in [5.41, 5.74) is -0.977. The molecule has 0 saturated heterocycles. The minimum Gasteiger partial charge on any atom is -0.546 e. The van der Waals surface area contributed by atoms with Gasteiger partial charge in [0.1, 0.15) is 16.4 Å². The van der Waals surface area contributed by atoms with Crippen molar-refractivity contribution in [3.05, 3.63) is 39.9 Å². The predicted molar refractivity (Wildman–Crippen MR) is 79.9 cm³/mol. The van der Waals surface area contributed by atoms with Gasteiger partial charge < -0.3 is 14.6 Å². The van der Waals surface area contributed by atoms with Crippen LogP contribution >= 0.6 is 23.2 Å². The maximum atomic E-state index is 12.1. The Morgan fingerprint density at radius 3 is 2.27 bits per heavy atom. The largest absolute Gasteiger partial charge is 1.00 e. The summed E-state index contributed by atoms with van der Waals surface area (Å²) in [7, 11) is 0. The van der Waals surface area contributed by atoms with Crippen LogP contribution < -0.4 is 39.4 Å². The molecular formula is C15H15Cl2NaO4. The van der Waals surface area contributed by atoms with E-state index in [1.807, 2.05) is 0 Å². The SMILES string of the molecule is C=C(CC)C(=O)c1ccc(OC(C)(C)C(=O)[O-])c(Cl)c1Cl.[Na+]. The molecule has 4 nitrogen and oxygen atoms in total. The standard InChI is InChI=1S/C15H16Cl2O4.Na/c1-5-8(2)13(18)9-6-7-10(12(17)11(9)16)21-15(3,4)14(19)20;/h6-7H,2,5H2,1,3-4H3,(H,19,20);/q;+1/p-1. The van der Waals surface area contributed by atoms with Gasteiger partial charge in [0.25, 0.3) is 0 Å². The molecule has 0 fully saturated rings. The predicted octanol–water partition coefficient (Wildman–Crippen LogP) is 0.0536. The van der Waals surface area contributed by atoms with Gasteiger partial charge in [-0.3, -0.25) is 4.79 Å². The monoisotopic (exact) mass is 352 g/mol. The first-order valence-corrected chi connectivity index (χ1v) is 6.98. The molecule has 0 bridgehead atoms. The number of ketones is 1. The molecule has 7 heteroatoms. The summed E-state index contributed by atoms with van der Waals surface area (Å²) >= 11 is 12.1. The zero-order valence-electron chi connectivity index (χ0n) is 13.0. The van der Waals surface area contributed by atoms with Crippen LogP contribution in [0.25, 0.3) is 0 Å². The van der Waals surface area contributed by atoms with Crippen LogP contribution in [0.3, 0.4) is 0 Å². The Balaban J connectivity index is 0.00000441. The van der Waals surface area contributed by atoms with E-state index >= 15 is 0 Å². The van der Waals surface area contributed by atoms with Crippen LogP contribution in [0.5, 0.6) is 5.75 Å². The van der Waals surface area contributed by atoms with Crippen LogP contribution in [0, 0.1) is 0 Å². The fraction of sp³-hybridized carbons (Fsp3) is 0.333. The quantitative estimate of drug-likeness (QED) is 0.412. The van der Waals surface area contributed by atoms with Crippen molar-refractivity contribution in [1.82, 2.24) is 0 Å². The molecule has 0 heterocycles. The number of halogens is 2. The normalized spacial score (nSPS) is 10.6. The van der Waals surface area contributed by atoms with E-state index in [1.165, 1.54) is 26.0 Å². The molecule has 1 aromatic carbocycles. The van der Waals surface area contributed by atoms with Crippen molar-refractivity contribution in [2.45, 2.75) is 32.8 Å². The molecule has 0 N–H and O–H groups in total. The third-order valence-corrected chi connectivity index (χ3v) is 3.76. The molecule has 0 unspecified atom stereocenters. The van der Waals surface area contributed by atoms with E-state index < -0.39 is 11.6 Å². The number of carboxylic acid groups (broad SMARTS) is 1. The second kappa shape index (κ2) is 8.37. The number of rotatable bonds is 6. The number of hydrogen-bond acceptors (Lipinski definition) is 4. The number of carboxylic acids is 1. The van der Waals surface area contributed by atoms with Crippen LogP contribution in [0.1, 0.15) is 37.6 Å². The van der Waals surface area contributed by atoms with E-state index in [4.69, 9.17) is 27.9 Å². The topological polar surface area (TPSA) is 66.4 Å². The molecule has 0 aliphatic rings. The smallest absolute Gasteiger partial charge is 0.546 e. The Labute approximate surface area is 161 Å². The number of allylic oxidation sites excluding steroid dienone is 1. The van der Waals surface area contributed by atoms with Crippen LogP contribution in [0.15, 0.2) is 24.3 Å². The fourth-order valence-electron chi connectivity index (χ4n) is 1.45. The Morgan fingerprint density at radius 2 is 1.82 bits per heavy atom. The van der Waals surface area contributed by atoms with E-state index in [2.05, 4.69) is 6.58 Å². The minimum atomic E-state index is -1.58. The first-order chi connectivity index (χ1) is 9.61.